The molecule has 0 bridgehead atoms. The highest BCUT2D eigenvalue weighted by Crippen LogP contribution is 2.10. The van der Waals surface area contributed by atoms with Crippen molar-refractivity contribution in [1.29, 1.82) is 0 Å². The minimum Gasteiger partial charge on any atom is -0.381 e. The zero-order chi connectivity index (χ0) is 14.8. The number of aromatic nitrogens is 2. The highest BCUT2D eigenvalue weighted by Gasteiger charge is 2.02. The van der Waals surface area contributed by atoms with E-state index in [9.17, 15) is 0 Å². The molecule has 4 heteroatoms. The van der Waals surface area contributed by atoms with E-state index in [-0.39, 0.29) is 0 Å². The second kappa shape index (κ2) is 9.32. The van der Waals surface area contributed by atoms with Crippen LogP contribution in [0.1, 0.15) is 31.9 Å². The quantitative estimate of drug-likeness (QED) is 0.682. The number of pyridine rings is 1. The molecule has 0 aliphatic rings. The highest BCUT2D eigenvalue weighted by atomic mass is 16.5. The van der Waals surface area contributed by atoms with Crippen LogP contribution in [0.3, 0.4) is 0 Å². The largest absolute Gasteiger partial charge is 0.381 e. The van der Waals surface area contributed by atoms with E-state index in [0.29, 0.717) is 0 Å². The maximum Gasteiger partial charge on any atom is 0.0636 e. The predicted octanol–water partition coefficient (Wildman–Crippen LogP) is 3.17. The predicted molar refractivity (Wildman–Crippen MR) is 85.6 cm³/mol. The third-order valence-electron chi connectivity index (χ3n) is 3.35. The first-order valence-electron chi connectivity index (χ1n) is 7.77. The van der Waals surface area contributed by atoms with Gasteiger partial charge in [0.05, 0.1) is 11.9 Å². The van der Waals surface area contributed by atoms with Crippen LogP contribution in [-0.4, -0.2) is 29.3 Å². The van der Waals surface area contributed by atoms with Gasteiger partial charge in [0.15, 0.2) is 0 Å². The van der Waals surface area contributed by atoms with Crippen LogP contribution in [-0.2, 0) is 11.3 Å². The molecule has 0 spiro atoms. The minimum atomic E-state index is 0.844. The molecule has 21 heavy (non-hydrogen) atoms. The molecule has 2 aromatic heterocycles. The molecule has 0 fully saturated rings. The zero-order valence-corrected chi connectivity index (χ0v) is 12.8. The maximum atomic E-state index is 5.55. The van der Waals surface area contributed by atoms with Crippen molar-refractivity contribution in [3.8, 4) is 5.69 Å². The fraction of sp³-hybridized carbons (Fsp3) is 0.471. The fourth-order valence-corrected chi connectivity index (χ4v) is 2.17. The highest BCUT2D eigenvalue weighted by molar-refractivity contribution is 5.31. The van der Waals surface area contributed by atoms with Gasteiger partial charge < -0.3 is 14.6 Å². The van der Waals surface area contributed by atoms with Gasteiger partial charge in [-0.15, -0.1) is 0 Å². The lowest BCUT2D eigenvalue weighted by Gasteiger charge is -2.10. The summed E-state index contributed by atoms with van der Waals surface area (Å²) in [6.07, 6.45) is 9.16. The van der Waals surface area contributed by atoms with E-state index in [4.69, 9.17) is 4.74 Å². The summed E-state index contributed by atoms with van der Waals surface area (Å²) in [6, 6.07) is 8.23. The lowest BCUT2D eigenvalue weighted by molar-refractivity contribution is 0.128. The topological polar surface area (TPSA) is 39.1 Å². The van der Waals surface area contributed by atoms with E-state index in [1.807, 2.05) is 12.3 Å². The number of unbranched alkanes of at least 4 members (excludes halogenated alkanes) is 1. The molecule has 0 saturated carbocycles. The van der Waals surface area contributed by atoms with Gasteiger partial charge in [-0.3, -0.25) is 4.98 Å². The molecule has 2 aromatic rings. The zero-order valence-electron chi connectivity index (χ0n) is 12.8. The molecule has 0 unspecified atom stereocenters. The Morgan fingerprint density at radius 3 is 2.90 bits per heavy atom. The summed E-state index contributed by atoms with van der Waals surface area (Å²) in [6.45, 7) is 5.75. The van der Waals surface area contributed by atoms with E-state index >= 15 is 0 Å². The van der Waals surface area contributed by atoms with Crippen molar-refractivity contribution in [2.24, 2.45) is 0 Å². The first kappa shape index (κ1) is 15.7. The van der Waals surface area contributed by atoms with Crippen molar-refractivity contribution in [3.05, 3.63) is 48.5 Å². The van der Waals surface area contributed by atoms with Crippen LogP contribution in [0.5, 0.6) is 0 Å². The van der Waals surface area contributed by atoms with Gasteiger partial charge in [-0.1, -0.05) is 13.3 Å². The maximum absolute atomic E-state index is 5.55. The van der Waals surface area contributed by atoms with Crippen LogP contribution >= 0.6 is 0 Å². The standard InChI is InChI=1S/C17H25N3O/c1-2-3-12-21-13-6-10-19-15-17-8-5-11-20(17)16-7-4-9-18-14-16/h4-5,7-9,11,14,19H,2-3,6,10,12-13,15H2,1H3. The summed E-state index contributed by atoms with van der Waals surface area (Å²) in [5.41, 5.74) is 2.34. The molecule has 0 saturated heterocycles. The van der Waals surface area contributed by atoms with Crippen molar-refractivity contribution < 1.29 is 4.74 Å². The lowest BCUT2D eigenvalue weighted by atomic mass is 10.3. The van der Waals surface area contributed by atoms with Crippen molar-refractivity contribution in [3.63, 3.8) is 0 Å². The lowest BCUT2D eigenvalue weighted by Crippen LogP contribution is -2.18. The van der Waals surface area contributed by atoms with Crippen LogP contribution < -0.4 is 5.32 Å². The van der Waals surface area contributed by atoms with E-state index in [0.717, 1.165) is 44.8 Å². The van der Waals surface area contributed by atoms with Crippen molar-refractivity contribution in [1.82, 2.24) is 14.9 Å². The number of nitrogens with one attached hydrogen (secondary N) is 1. The van der Waals surface area contributed by atoms with Crippen molar-refractivity contribution in [2.45, 2.75) is 32.7 Å². The average molecular weight is 287 g/mol. The first-order chi connectivity index (χ1) is 10.4. The minimum absolute atomic E-state index is 0.844. The SMILES string of the molecule is CCCCOCCCNCc1cccn1-c1cccnc1. The van der Waals surface area contributed by atoms with Crippen molar-refractivity contribution >= 4 is 0 Å². The molecule has 114 valence electrons. The van der Waals surface area contributed by atoms with E-state index < -0.39 is 0 Å². The number of rotatable bonds is 10. The van der Waals surface area contributed by atoms with Gasteiger partial charge in [0.25, 0.3) is 0 Å². The first-order valence-corrected chi connectivity index (χ1v) is 7.77. The number of hydrogen-bond donors (Lipinski definition) is 1. The number of ether oxygens (including phenoxy) is 1. The summed E-state index contributed by atoms with van der Waals surface area (Å²) >= 11 is 0. The molecular weight excluding hydrogens is 262 g/mol. The Bertz CT molecular complexity index is 496. The van der Waals surface area contributed by atoms with Gasteiger partial charge in [-0.25, -0.2) is 0 Å². The van der Waals surface area contributed by atoms with Crippen LogP contribution in [0, 0.1) is 0 Å². The Labute approximate surface area is 127 Å². The Morgan fingerprint density at radius 2 is 2.10 bits per heavy atom. The van der Waals surface area contributed by atoms with Gasteiger partial charge in [-0.2, -0.15) is 0 Å². The van der Waals surface area contributed by atoms with Gasteiger partial charge in [-0.05, 0) is 43.7 Å². The van der Waals surface area contributed by atoms with Gasteiger partial charge in [0, 0.05) is 37.8 Å². The molecule has 0 aromatic carbocycles. The molecular formula is C17H25N3O. The Hall–Kier alpha value is -1.65. The summed E-state index contributed by atoms with van der Waals surface area (Å²) in [5, 5.41) is 3.47. The number of hydrogen-bond acceptors (Lipinski definition) is 3. The second-order valence-corrected chi connectivity index (χ2v) is 5.08. The molecule has 4 nitrogen and oxygen atoms in total. The van der Waals surface area contributed by atoms with E-state index in [1.165, 1.54) is 12.1 Å². The summed E-state index contributed by atoms with van der Waals surface area (Å²) in [4.78, 5) is 4.17. The summed E-state index contributed by atoms with van der Waals surface area (Å²) in [7, 11) is 0. The van der Waals surface area contributed by atoms with Gasteiger partial charge in [0.2, 0.25) is 0 Å². The second-order valence-electron chi connectivity index (χ2n) is 5.08. The molecule has 0 radical (unpaired) electrons. The molecule has 1 N–H and O–H groups in total. The third kappa shape index (κ3) is 5.33. The summed E-state index contributed by atoms with van der Waals surface area (Å²) < 4.78 is 7.72. The van der Waals surface area contributed by atoms with E-state index in [2.05, 4.69) is 46.2 Å². The van der Waals surface area contributed by atoms with Crippen LogP contribution in [0.15, 0.2) is 42.9 Å². The smallest absolute Gasteiger partial charge is 0.0636 e. The fourth-order valence-electron chi connectivity index (χ4n) is 2.17. The van der Waals surface area contributed by atoms with E-state index in [1.54, 1.807) is 6.20 Å². The molecule has 0 aliphatic heterocycles. The number of nitrogens with zero attached hydrogens (tertiary/aromatic N) is 2. The monoisotopic (exact) mass is 287 g/mol. The molecule has 2 rings (SSSR count). The Balaban J connectivity index is 1.69. The molecule has 2 heterocycles. The van der Waals surface area contributed by atoms with Crippen molar-refractivity contribution in [2.75, 3.05) is 19.8 Å². The van der Waals surface area contributed by atoms with Gasteiger partial charge in [0.1, 0.15) is 0 Å². The van der Waals surface area contributed by atoms with Gasteiger partial charge >= 0.3 is 0 Å². The Morgan fingerprint density at radius 1 is 1.19 bits per heavy atom. The normalized spacial score (nSPS) is 10.9. The van der Waals surface area contributed by atoms with Crippen LogP contribution in [0.4, 0.5) is 0 Å². The van der Waals surface area contributed by atoms with Crippen LogP contribution in [0.25, 0.3) is 5.69 Å². The average Bonchev–Trinajstić information content (AvgIpc) is 2.99. The summed E-state index contributed by atoms with van der Waals surface area (Å²) in [5.74, 6) is 0. The molecule has 0 aliphatic carbocycles. The Kier molecular flexibility index (Phi) is 6.98. The third-order valence-corrected chi connectivity index (χ3v) is 3.35. The molecule has 0 amide bonds. The van der Waals surface area contributed by atoms with Crippen LogP contribution in [0.2, 0.25) is 0 Å². The molecule has 0 atom stereocenters.